The van der Waals surface area contributed by atoms with Crippen LogP contribution < -0.4 is 5.73 Å². The van der Waals surface area contributed by atoms with E-state index in [4.69, 9.17) is 10.3 Å². The summed E-state index contributed by atoms with van der Waals surface area (Å²) < 4.78 is 5.28. The summed E-state index contributed by atoms with van der Waals surface area (Å²) in [5.41, 5.74) is 6.33. The lowest BCUT2D eigenvalue weighted by Crippen LogP contribution is -2.18. The molecule has 0 bridgehead atoms. The lowest BCUT2D eigenvalue weighted by atomic mass is 9.84. The summed E-state index contributed by atoms with van der Waals surface area (Å²) in [6.07, 6.45) is 1.97. The van der Waals surface area contributed by atoms with Gasteiger partial charge in [-0.1, -0.05) is 46.7 Å². The van der Waals surface area contributed by atoms with E-state index in [0.29, 0.717) is 29.0 Å². The zero-order valence-corrected chi connectivity index (χ0v) is 12.5. The summed E-state index contributed by atoms with van der Waals surface area (Å²) in [7, 11) is 0. The first-order chi connectivity index (χ1) is 8.19. The molecule has 0 fully saturated rings. The first kappa shape index (κ1) is 15.2. The molecule has 0 aromatic carbocycles. The zero-order valence-electron chi connectivity index (χ0n) is 12.5. The molecule has 104 valence electrons. The largest absolute Gasteiger partial charge is 0.339 e. The summed E-state index contributed by atoms with van der Waals surface area (Å²) in [5, 5.41) is 3.98. The lowest BCUT2D eigenvalue weighted by Gasteiger charge is -2.22. The van der Waals surface area contributed by atoms with Gasteiger partial charge in [0.05, 0.1) is 6.04 Å². The molecule has 0 saturated heterocycles. The predicted octanol–water partition coefficient (Wildman–Crippen LogP) is 3.34. The third-order valence-corrected chi connectivity index (χ3v) is 2.98. The van der Waals surface area contributed by atoms with Crippen LogP contribution in [-0.4, -0.2) is 10.1 Å². The SMILES string of the molecule is CC(Cc1nc(C(N)C(C)C)no1)CC(C)(C)C. The van der Waals surface area contributed by atoms with Gasteiger partial charge in [0.1, 0.15) is 0 Å². The lowest BCUT2D eigenvalue weighted by molar-refractivity contribution is 0.282. The van der Waals surface area contributed by atoms with E-state index in [0.717, 1.165) is 12.8 Å². The molecule has 0 amide bonds. The molecule has 18 heavy (non-hydrogen) atoms. The third kappa shape index (κ3) is 4.77. The predicted molar refractivity (Wildman–Crippen MR) is 73.0 cm³/mol. The Morgan fingerprint density at radius 2 is 1.83 bits per heavy atom. The molecule has 4 nitrogen and oxygen atoms in total. The van der Waals surface area contributed by atoms with Crippen LogP contribution in [-0.2, 0) is 6.42 Å². The highest BCUT2D eigenvalue weighted by atomic mass is 16.5. The highest BCUT2D eigenvalue weighted by Crippen LogP contribution is 2.26. The monoisotopic (exact) mass is 253 g/mol. The molecular formula is C14H27N3O. The molecule has 0 spiro atoms. The van der Waals surface area contributed by atoms with Crippen molar-refractivity contribution < 1.29 is 4.52 Å². The van der Waals surface area contributed by atoms with E-state index in [9.17, 15) is 0 Å². The Labute approximate surface area is 110 Å². The standard InChI is InChI=1S/C14H27N3O/c1-9(2)12(15)13-16-11(18-17-13)7-10(3)8-14(4,5)6/h9-10,12H,7-8,15H2,1-6H3. The molecule has 0 radical (unpaired) electrons. The molecule has 0 saturated carbocycles. The molecule has 1 aromatic rings. The number of nitrogens with zero attached hydrogens (tertiary/aromatic N) is 2. The molecule has 1 heterocycles. The Morgan fingerprint density at radius 3 is 2.33 bits per heavy atom. The Hall–Kier alpha value is -0.900. The number of rotatable bonds is 5. The van der Waals surface area contributed by atoms with Gasteiger partial charge in [-0.25, -0.2) is 0 Å². The fourth-order valence-corrected chi connectivity index (χ4v) is 2.20. The second-order valence-electron chi connectivity index (χ2n) is 6.89. The van der Waals surface area contributed by atoms with E-state index >= 15 is 0 Å². The van der Waals surface area contributed by atoms with E-state index in [-0.39, 0.29) is 6.04 Å². The molecule has 2 N–H and O–H groups in total. The van der Waals surface area contributed by atoms with Gasteiger partial charge in [-0.15, -0.1) is 0 Å². The first-order valence-corrected chi connectivity index (χ1v) is 6.77. The van der Waals surface area contributed by atoms with Crippen LogP contribution in [0.2, 0.25) is 0 Å². The van der Waals surface area contributed by atoms with Gasteiger partial charge >= 0.3 is 0 Å². The summed E-state index contributed by atoms with van der Waals surface area (Å²) in [4.78, 5) is 4.40. The van der Waals surface area contributed by atoms with Crippen LogP contribution in [0.1, 0.15) is 65.7 Å². The summed E-state index contributed by atoms with van der Waals surface area (Å²) in [6, 6.07) is -0.138. The quantitative estimate of drug-likeness (QED) is 0.874. The normalized spacial score (nSPS) is 16.0. The van der Waals surface area contributed by atoms with E-state index in [2.05, 4.69) is 51.7 Å². The van der Waals surface area contributed by atoms with E-state index in [1.54, 1.807) is 0 Å². The van der Waals surface area contributed by atoms with Gasteiger partial charge in [0.25, 0.3) is 0 Å². The maximum absolute atomic E-state index is 6.00. The molecule has 4 heteroatoms. The van der Waals surface area contributed by atoms with Crippen LogP contribution in [0.25, 0.3) is 0 Å². The average Bonchev–Trinajstić information content (AvgIpc) is 2.61. The Kier molecular flexibility index (Phi) is 4.91. The molecule has 1 rings (SSSR count). The van der Waals surface area contributed by atoms with E-state index < -0.39 is 0 Å². The molecule has 0 aliphatic carbocycles. The molecular weight excluding hydrogens is 226 g/mol. The highest BCUT2D eigenvalue weighted by molar-refractivity contribution is 4.95. The first-order valence-electron chi connectivity index (χ1n) is 6.77. The Balaban J connectivity index is 2.59. The average molecular weight is 253 g/mol. The van der Waals surface area contributed by atoms with Gasteiger partial charge in [-0.2, -0.15) is 4.98 Å². The van der Waals surface area contributed by atoms with Crippen LogP contribution in [0.15, 0.2) is 4.52 Å². The second kappa shape index (κ2) is 5.83. The van der Waals surface area contributed by atoms with Gasteiger partial charge in [-0.3, -0.25) is 0 Å². The smallest absolute Gasteiger partial charge is 0.226 e. The van der Waals surface area contributed by atoms with E-state index in [1.807, 2.05) is 0 Å². The minimum absolute atomic E-state index is 0.138. The topological polar surface area (TPSA) is 64.9 Å². The van der Waals surface area contributed by atoms with Crippen molar-refractivity contribution in [2.45, 2.75) is 60.4 Å². The van der Waals surface area contributed by atoms with Gasteiger partial charge in [0, 0.05) is 6.42 Å². The van der Waals surface area contributed by atoms with Crippen LogP contribution in [0.4, 0.5) is 0 Å². The number of hydrogen-bond acceptors (Lipinski definition) is 4. The highest BCUT2D eigenvalue weighted by Gasteiger charge is 2.20. The minimum Gasteiger partial charge on any atom is -0.339 e. The van der Waals surface area contributed by atoms with Crippen molar-refractivity contribution in [3.63, 3.8) is 0 Å². The van der Waals surface area contributed by atoms with Crippen LogP contribution in [0.5, 0.6) is 0 Å². The van der Waals surface area contributed by atoms with Crippen molar-refractivity contribution in [3.8, 4) is 0 Å². The van der Waals surface area contributed by atoms with Crippen molar-refractivity contribution in [1.29, 1.82) is 0 Å². The van der Waals surface area contributed by atoms with Crippen LogP contribution in [0, 0.1) is 17.3 Å². The van der Waals surface area contributed by atoms with Crippen molar-refractivity contribution in [2.24, 2.45) is 23.0 Å². The molecule has 1 aromatic heterocycles. The summed E-state index contributed by atoms with van der Waals surface area (Å²) in [6.45, 7) is 13.1. The number of nitrogens with two attached hydrogens (primary N) is 1. The fraction of sp³-hybridized carbons (Fsp3) is 0.857. The van der Waals surface area contributed by atoms with Gasteiger partial charge in [-0.05, 0) is 23.7 Å². The summed E-state index contributed by atoms with van der Waals surface area (Å²) in [5.74, 6) is 2.19. The minimum atomic E-state index is -0.138. The van der Waals surface area contributed by atoms with Gasteiger partial charge in [0.2, 0.25) is 5.89 Å². The van der Waals surface area contributed by atoms with Crippen molar-refractivity contribution in [2.75, 3.05) is 0 Å². The summed E-state index contributed by atoms with van der Waals surface area (Å²) >= 11 is 0. The van der Waals surface area contributed by atoms with Crippen LogP contribution >= 0.6 is 0 Å². The molecule has 0 aliphatic rings. The van der Waals surface area contributed by atoms with Gasteiger partial charge < -0.3 is 10.3 Å². The number of aromatic nitrogens is 2. The maximum atomic E-state index is 6.00. The van der Waals surface area contributed by atoms with E-state index in [1.165, 1.54) is 0 Å². The van der Waals surface area contributed by atoms with Crippen molar-refractivity contribution in [3.05, 3.63) is 11.7 Å². The van der Waals surface area contributed by atoms with Crippen LogP contribution in [0.3, 0.4) is 0 Å². The zero-order chi connectivity index (χ0) is 13.9. The molecule has 2 atom stereocenters. The Bertz CT molecular complexity index is 365. The van der Waals surface area contributed by atoms with Crippen molar-refractivity contribution in [1.82, 2.24) is 10.1 Å². The number of hydrogen-bond donors (Lipinski definition) is 1. The van der Waals surface area contributed by atoms with Crippen molar-refractivity contribution >= 4 is 0 Å². The second-order valence-corrected chi connectivity index (χ2v) is 6.89. The Morgan fingerprint density at radius 1 is 1.22 bits per heavy atom. The fourth-order valence-electron chi connectivity index (χ4n) is 2.20. The molecule has 0 aliphatic heterocycles. The molecule has 2 unspecified atom stereocenters. The third-order valence-electron chi connectivity index (χ3n) is 2.98. The maximum Gasteiger partial charge on any atom is 0.226 e. The van der Waals surface area contributed by atoms with Gasteiger partial charge in [0.15, 0.2) is 5.82 Å².